The van der Waals surface area contributed by atoms with E-state index in [1.807, 2.05) is 24.3 Å². The van der Waals surface area contributed by atoms with Crippen molar-refractivity contribution in [1.29, 1.82) is 0 Å². The zero-order valence-corrected chi connectivity index (χ0v) is 12.5. The van der Waals surface area contributed by atoms with Gasteiger partial charge >= 0.3 is 0 Å². The van der Waals surface area contributed by atoms with Crippen LogP contribution >= 0.6 is 0 Å². The van der Waals surface area contributed by atoms with Crippen molar-refractivity contribution in [2.75, 3.05) is 6.61 Å². The summed E-state index contributed by atoms with van der Waals surface area (Å²) in [7, 11) is 0. The number of ether oxygens (including phenoxy) is 1. The minimum atomic E-state index is -1.04. The van der Waals surface area contributed by atoms with Crippen molar-refractivity contribution in [2.24, 2.45) is 17.4 Å². The van der Waals surface area contributed by atoms with Crippen LogP contribution in [0.15, 0.2) is 24.3 Å². The number of nitrogens with two attached hydrogens (primary N) is 2. The number of amides is 1. The third kappa shape index (κ3) is 3.12. The first kappa shape index (κ1) is 14.9. The lowest BCUT2D eigenvalue weighted by molar-refractivity contribution is -0.125. The molecule has 4 N–H and O–H groups in total. The van der Waals surface area contributed by atoms with Gasteiger partial charge in [-0.3, -0.25) is 4.79 Å². The third-order valence-electron chi connectivity index (χ3n) is 3.96. The van der Waals surface area contributed by atoms with E-state index < -0.39 is 11.4 Å². The lowest BCUT2D eigenvalue weighted by Crippen LogP contribution is -2.58. The Morgan fingerprint density at radius 2 is 1.80 bits per heavy atom. The van der Waals surface area contributed by atoms with Crippen molar-refractivity contribution in [3.63, 3.8) is 0 Å². The van der Waals surface area contributed by atoms with Crippen LogP contribution in [0.4, 0.5) is 0 Å². The molecule has 2 rings (SSSR count). The fraction of sp³-hybridized carbons (Fsp3) is 0.562. The summed E-state index contributed by atoms with van der Waals surface area (Å²) >= 11 is 0. The van der Waals surface area contributed by atoms with E-state index in [0.29, 0.717) is 0 Å². The van der Waals surface area contributed by atoms with Gasteiger partial charge in [0.15, 0.2) is 0 Å². The van der Waals surface area contributed by atoms with Gasteiger partial charge < -0.3 is 16.2 Å². The molecule has 1 saturated carbocycles. The van der Waals surface area contributed by atoms with Gasteiger partial charge in [-0.2, -0.15) is 0 Å². The topological polar surface area (TPSA) is 78.3 Å². The SMILES string of the molecule is CC(C)(C)c1ccc(OCC(N)(C(N)=O)C2CC2)cc1. The monoisotopic (exact) mass is 276 g/mol. The molecule has 1 unspecified atom stereocenters. The van der Waals surface area contributed by atoms with E-state index in [-0.39, 0.29) is 17.9 Å². The van der Waals surface area contributed by atoms with Crippen LogP contribution in [0.25, 0.3) is 0 Å². The quantitative estimate of drug-likeness (QED) is 0.863. The first-order valence-electron chi connectivity index (χ1n) is 7.05. The van der Waals surface area contributed by atoms with Crippen molar-refractivity contribution in [1.82, 2.24) is 0 Å². The summed E-state index contributed by atoms with van der Waals surface area (Å²) in [4.78, 5) is 11.5. The van der Waals surface area contributed by atoms with E-state index in [2.05, 4.69) is 20.8 Å². The molecular formula is C16H24N2O2. The molecule has 0 spiro atoms. The standard InChI is InChI=1S/C16H24N2O2/c1-15(2,3)11-6-8-13(9-7-11)20-10-16(18,14(17)19)12-4-5-12/h6-9,12H,4-5,10,18H2,1-3H3,(H2,17,19). The zero-order valence-electron chi connectivity index (χ0n) is 12.5. The maximum atomic E-state index is 11.5. The normalized spacial score (nSPS) is 18.4. The molecule has 0 saturated heterocycles. The van der Waals surface area contributed by atoms with Gasteiger partial charge in [0, 0.05) is 0 Å². The predicted octanol–water partition coefficient (Wildman–Crippen LogP) is 1.96. The third-order valence-corrected chi connectivity index (χ3v) is 3.96. The van der Waals surface area contributed by atoms with E-state index in [0.717, 1.165) is 18.6 Å². The summed E-state index contributed by atoms with van der Waals surface area (Å²) in [5.41, 5.74) is 11.8. The zero-order chi connectivity index (χ0) is 15.0. The van der Waals surface area contributed by atoms with Gasteiger partial charge in [0.25, 0.3) is 0 Å². The van der Waals surface area contributed by atoms with E-state index in [1.165, 1.54) is 5.56 Å². The van der Waals surface area contributed by atoms with Crippen LogP contribution in [-0.4, -0.2) is 18.1 Å². The highest BCUT2D eigenvalue weighted by molar-refractivity contribution is 5.85. The molecule has 0 aromatic heterocycles. The lowest BCUT2D eigenvalue weighted by Gasteiger charge is -2.26. The molecule has 1 fully saturated rings. The van der Waals surface area contributed by atoms with Gasteiger partial charge in [-0.05, 0) is 41.9 Å². The van der Waals surface area contributed by atoms with Crippen molar-refractivity contribution >= 4 is 5.91 Å². The molecule has 1 atom stereocenters. The average Bonchev–Trinajstić information content (AvgIpc) is 3.19. The molecule has 0 radical (unpaired) electrons. The lowest BCUT2D eigenvalue weighted by atomic mass is 9.87. The number of hydrogen-bond donors (Lipinski definition) is 2. The summed E-state index contributed by atoms with van der Waals surface area (Å²) in [6.45, 7) is 6.62. The second kappa shape index (κ2) is 5.09. The molecule has 0 heterocycles. The average molecular weight is 276 g/mol. The summed E-state index contributed by atoms with van der Waals surface area (Å²) in [6, 6.07) is 7.90. The molecule has 1 aliphatic carbocycles. The van der Waals surface area contributed by atoms with Crippen molar-refractivity contribution in [3.05, 3.63) is 29.8 Å². The Morgan fingerprint density at radius 1 is 1.25 bits per heavy atom. The first-order valence-corrected chi connectivity index (χ1v) is 7.05. The van der Waals surface area contributed by atoms with Gasteiger partial charge in [0.1, 0.15) is 17.9 Å². The number of rotatable bonds is 5. The van der Waals surface area contributed by atoms with Gasteiger partial charge in [0.2, 0.25) is 5.91 Å². The Morgan fingerprint density at radius 3 is 2.20 bits per heavy atom. The highest BCUT2D eigenvalue weighted by Gasteiger charge is 2.47. The number of carbonyl (C=O) groups excluding carboxylic acids is 1. The number of carbonyl (C=O) groups is 1. The molecule has 20 heavy (non-hydrogen) atoms. The summed E-state index contributed by atoms with van der Waals surface area (Å²) < 4.78 is 5.68. The molecule has 4 nitrogen and oxygen atoms in total. The Balaban J connectivity index is 2.02. The second-order valence-corrected chi connectivity index (χ2v) is 6.74. The van der Waals surface area contributed by atoms with Crippen molar-refractivity contribution in [2.45, 2.75) is 44.6 Å². The van der Waals surface area contributed by atoms with Crippen LogP contribution in [-0.2, 0) is 10.2 Å². The molecule has 4 heteroatoms. The predicted molar refractivity (Wildman–Crippen MR) is 79.5 cm³/mol. The van der Waals surface area contributed by atoms with Crippen LogP contribution in [0.1, 0.15) is 39.2 Å². The molecule has 1 amide bonds. The summed E-state index contributed by atoms with van der Waals surface area (Å²) in [5, 5.41) is 0. The van der Waals surface area contributed by atoms with Gasteiger partial charge in [-0.1, -0.05) is 32.9 Å². The molecule has 1 aliphatic rings. The van der Waals surface area contributed by atoms with Crippen LogP contribution in [0.3, 0.4) is 0 Å². The molecule has 1 aromatic rings. The number of hydrogen-bond acceptors (Lipinski definition) is 3. The van der Waals surface area contributed by atoms with E-state index in [4.69, 9.17) is 16.2 Å². The van der Waals surface area contributed by atoms with Crippen LogP contribution in [0, 0.1) is 5.92 Å². The maximum Gasteiger partial charge on any atom is 0.241 e. The number of primary amides is 1. The van der Waals surface area contributed by atoms with Crippen molar-refractivity contribution < 1.29 is 9.53 Å². The van der Waals surface area contributed by atoms with Gasteiger partial charge in [-0.15, -0.1) is 0 Å². The Hall–Kier alpha value is -1.55. The highest BCUT2D eigenvalue weighted by atomic mass is 16.5. The Kier molecular flexibility index (Phi) is 3.78. The minimum absolute atomic E-state index is 0.109. The van der Waals surface area contributed by atoms with E-state index >= 15 is 0 Å². The van der Waals surface area contributed by atoms with Crippen LogP contribution in [0.5, 0.6) is 5.75 Å². The highest BCUT2D eigenvalue weighted by Crippen LogP contribution is 2.38. The fourth-order valence-electron chi connectivity index (χ4n) is 2.24. The molecule has 110 valence electrons. The second-order valence-electron chi connectivity index (χ2n) is 6.74. The largest absolute Gasteiger partial charge is 0.491 e. The molecule has 1 aromatic carbocycles. The Bertz CT molecular complexity index is 486. The summed E-state index contributed by atoms with van der Waals surface area (Å²) in [5.74, 6) is 0.398. The van der Waals surface area contributed by atoms with Gasteiger partial charge in [0.05, 0.1) is 0 Å². The Labute approximate surface area is 120 Å². The maximum absolute atomic E-state index is 11.5. The molecule has 0 bridgehead atoms. The summed E-state index contributed by atoms with van der Waals surface area (Å²) in [6.07, 6.45) is 1.90. The van der Waals surface area contributed by atoms with E-state index in [1.54, 1.807) is 0 Å². The number of benzene rings is 1. The van der Waals surface area contributed by atoms with Crippen LogP contribution in [0.2, 0.25) is 0 Å². The minimum Gasteiger partial charge on any atom is -0.491 e. The molecule has 0 aliphatic heterocycles. The molecular weight excluding hydrogens is 252 g/mol. The smallest absolute Gasteiger partial charge is 0.241 e. The first-order chi connectivity index (χ1) is 9.23. The fourth-order valence-corrected chi connectivity index (χ4v) is 2.24. The van der Waals surface area contributed by atoms with E-state index in [9.17, 15) is 4.79 Å². The van der Waals surface area contributed by atoms with Gasteiger partial charge in [-0.25, -0.2) is 0 Å². The van der Waals surface area contributed by atoms with Crippen LogP contribution < -0.4 is 16.2 Å². The van der Waals surface area contributed by atoms with Crippen molar-refractivity contribution in [3.8, 4) is 5.75 Å².